The van der Waals surface area contributed by atoms with Gasteiger partial charge in [0.15, 0.2) is 0 Å². The highest BCUT2D eigenvalue weighted by Crippen LogP contribution is 2.17. The molecule has 0 unspecified atom stereocenters. The van der Waals surface area contributed by atoms with Crippen LogP contribution < -0.4 is 5.73 Å². The van der Waals surface area contributed by atoms with Crippen LogP contribution in [0.1, 0.15) is 25.3 Å². The summed E-state index contributed by atoms with van der Waals surface area (Å²) in [5, 5.41) is 4.07. The molecule has 1 fully saturated rings. The summed E-state index contributed by atoms with van der Waals surface area (Å²) in [7, 11) is 0. The van der Waals surface area contributed by atoms with E-state index < -0.39 is 6.04 Å². The maximum absolute atomic E-state index is 12.3. The molecule has 1 aliphatic heterocycles. The van der Waals surface area contributed by atoms with Gasteiger partial charge in [0.2, 0.25) is 17.6 Å². The van der Waals surface area contributed by atoms with Gasteiger partial charge in [-0.3, -0.25) is 9.69 Å². The SMILES string of the molecule is Cc1ccc(-c2noc(CN3CCN(C(=O)[C@@H](N)C(C)C)CC3)n2)cc1. The zero-order chi connectivity index (χ0) is 18.7. The third kappa shape index (κ3) is 4.28. The van der Waals surface area contributed by atoms with E-state index in [1.165, 1.54) is 5.56 Å². The smallest absolute Gasteiger partial charge is 0.241 e. The maximum Gasteiger partial charge on any atom is 0.241 e. The summed E-state index contributed by atoms with van der Waals surface area (Å²) < 4.78 is 5.39. The van der Waals surface area contributed by atoms with Crippen molar-refractivity contribution >= 4 is 5.91 Å². The molecular formula is C19H27N5O2. The molecule has 1 saturated heterocycles. The van der Waals surface area contributed by atoms with Crippen molar-refractivity contribution < 1.29 is 9.32 Å². The highest BCUT2D eigenvalue weighted by Gasteiger charge is 2.27. The first-order chi connectivity index (χ1) is 12.4. The number of hydrogen-bond acceptors (Lipinski definition) is 6. The molecule has 26 heavy (non-hydrogen) atoms. The summed E-state index contributed by atoms with van der Waals surface area (Å²) in [5.41, 5.74) is 8.12. The van der Waals surface area contributed by atoms with Gasteiger partial charge in [0, 0.05) is 31.7 Å². The molecule has 0 spiro atoms. The molecule has 0 aliphatic carbocycles. The zero-order valence-electron chi connectivity index (χ0n) is 15.7. The van der Waals surface area contributed by atoms with Crippen LogP contribution in [0, 0.1) is 12.8 Å². The van der Waals surface area contributed by atoms with E-state index in [-0.39, 0.29) is 11.8 Å². The molecule has 2 aromatic rings. The Morgan fingerprint density at radius 3 is 2.46 bits per heavy atom. The number of aryl methyl sites for hydroxylation is 1. The number of aromatic nitrogens is 2. The minimum atomic E-state index is -0.422. The predicted octanol–water partition coefficient (Wildman–Crippen LogP) is 1.67. The van der Waals surface area contributed by atoms with Crippen LogP contribution >= 0.6 is 0 Å². The fourth-order valence-corrected chi connectivity index (χ4v) is 2.95. The van der Waals surface area contributed by atoms with E-state index in [9.17, 15) is 4.79 Å². The number of benzene rings is 1. The van der Waals surface area contributed by atoms with Gasteiger partial charge in [-0.25, -0.2) is 0 Å². The summed E-state index contributed by atoms with van der Waals surface area (Å²) >= 11 is 0. The van der Waals surface area contributed by atoms with Crippen molar-refractivity contribution in [3.8, 4) is 11.4 Å². The standard InChI is InChI=1S/C19H27N5O2/c1-13(2)17(20)19(25)24-10-8-23(9-11-24)12-16-21-18(22-26-16)15-6-4-14(3)5-7-15/h4-7,13,17H,8-12,20H2,1-3H3/t17-/m0/s1. The van der Waals surface area contributed by atoms with Crippen molar-refractivity contribution in [2.75, 3.05) is 26.2 Å². The van der Waals surface area contributed by atoms with Gasteiger partial charge >= 0.3 is 0 Å². The average Bonchev–Trinajstić information content (AvgIpc) is 3.10. The lowest BCUT2D eigenvalue weighted by Gasteiger charge is -2.35. The Balaban J connectivity index is 1.54. The number of nitrogens with two attached hydrogens (primary N) is 1. The van der Waals surface area contributed by atoms with Crippen molar-refractivity contribution in [2.45, 2.75) is 33.4 Å². The molecule has 7 heteroatoms. The zero-order valence-corrected chi connectivity index (χ0v) is 15.7. The Morgan fingerprint density at radius 1 is 1.19 bits per heavy atom. The van der Waals surface area contributed by atoms with E-state index in [2.05, 4.69) is 15.0 Å². The van der Waals surface area contributed by atoms with E-state index in [1.54, 1.807) is 0 Å². The van der Waals surface area contributed by atoms with E-state index in [4.69, 9.17) is 10.3 Å². The third-order valence-corrected chi connectivity index (χ3v) is 4.82. The Morgan fingerprint density at radius 2 is 1.85 bits per heavy atom. The molecule has 7 nitrogen and oxygen atoms in total. The van der Waals surface area contributed by atoms with Crippen LogP contribution in [-0.4, -0.2) is 58.1 Å². The van der Waals surface area contributed by atoms with Crippen LogP contribution in [0.4, 0.5) is 0 Å². The number of nitrogens with zero attached hydrogens (tertiary/aromatic N) is 4. The van der Waals surface area contributed by atoms with Crippen LogP contribution in [0.3, 0.4) is 0 Å². The van der Waals surface area contributed by atoms with Crippen molar-refractivity contribution in [3.63, 3.8) is 0 Å². The van der Waals surface area contributed by atoms with Gasteiger partial charge in [-0.2, -0.15) is 4.98 Å². The summed E-state index contributed by atoms with van der Waals surface area (Å²) in [6, 6.07) is 7.63. The van der Waals surface area contributed by atoms with E-state index in [0.717, 1.165) is 18.7 Å². The molecule has 3 rings (SSSR count). The number of piperazine rings is 1. The molecule has 1 aromatic heterocycles. The van der Waals surface area contributed by atoms with Gasteiger partial charge in [-0.1, -0.05) is 48.8 Å². The number of rotatable bonds is 5. The average molecular weight is 357 g/mol. The minimum Gasteiger partial charge on any atom is -0.339 e. The number of carbonyl (C=O) groups excluding carboxylic acids is 1. The van der Waals surface area contributed by atoms with Gasteiger partial charge in [-0.05, 0) is 12.8 Å². The summed E-state index contributed by atoms with van der Waals surface area (Å²) in [6.07, 6.45) is 0. The second kappa shape index (κ2) is 7.97. The highest BCUT2D eigenvalue weighted by atomic mass is 16.5. The number of hydrogen-bond donors (Lipinski definition) is 1. The van der Waals surface area contributed by atoms with Crippen LogP contribution in [0.25, 0.3) is 11.4 Å². The quantitative estimate of drug-likeness (QED) is 0.876. The lowest BCUT2D eigenvalue weighted by atomic mass is 10.0. The molecule has 2 heterocycles. The van der Waals surface area contributed by atoms with E-state index in [0.29, 0.717) is 31.3 Å². The largest absolute Gasteiger partial charge is 0.339 e. The van der Waals surface area contributed by atoms with Gasteiger partial charge < -0.3 is 15.2 Å². The molecule has 0 saturated carbocycles. The fourth-order valence-electron chi connectivity index (χ4n) is 2.95. The summed E-state index contributed by atoms with van der Waals surface area (Å²) in [5.74, 6) is 1.40. The van der Waals surface area contributed by atoms with Gasteiger partial charge in [0.1, 0.15) is 0 Å². The first-order valence-electron chi connectivity index (χ1n) is 9.10. The second-order valence-electron chi connectivity index (χ2n) is 7.25. The van der Waals surface area contributed by atoms with E-state index in [1.807, 2.05) is 49.9 Å². The third-order valence-electron chi connectivity index (χ3n) is 4.82. The molecule has 1 amide bonds. The molecule has 140 valence electrons. The molecule has 1 aliphatic rings. The number of amides is 1. The Kier molecular flexibility index (Phi) is 5.68. The maximum atomic E-state index is 12.3. The summed E-state index contributed by atoms with van der Waals surface area (Å²) in [4.78, 5) is 20.9. The molecule has 1 aromatic carbocycles. The summed E-state index contributed by atoms with van der Waals surface area (Å²) in [6.45, 7) is 9.50. The van der Waals surface area contributed by atoms with Crippen molar-refractivity contribution in [3.05, 3.63) is 35.7 Å². The van der Waals surface area contributed by atoms with Gasteiger partial charge in [0.25, 0.3) is 0 Å². The minimum absolute atomic E-state index is 0.0408. The van der Waals surface area contributed by atoms with Crippen LogP contribution in [0.5, 0.6) is 0 Å². The van der Waals surface area contributed by atoms with E-state index >= 15 is 0 Å². The van der Waals surface area contributed by atoms with Gasteiger partial charge in [-0.15, -0.1) is 0 Å². The van der Waals surface area contributed by atoms with Crippen LogP contribution in [0.15, 0.2) is 28.8 Å². The molecule has 1 atom stereocenters. The normalized spacial score (nSPS) is 16.9. The van der Waals surface area contributed by atoms with Crippen LogP contribution in [-0.2, 0) is 11.3 Å². The molecule has 2 N–H and O–H groups in total. The van der Waals surface area contributed by atoms with Crippen LogP contribution in [0.2, 0.25) is 0 Å². The Bertz CT molecular complexity index is 733. The Labute approximate surface area is 154 Å². The molecule has 0 bridgehead atoms. The molecule has 0 radical (unpaired) electrons. The lowest BCUT2D eigenvalue weighted by molar-refractivity contribution is -0.135. The topological polar surface area (TPSA) is 88.5 Å². The monoisotopic (exact) mass is 357 g/mol. The van der Waals surface area contributed by atoms with Gasteiger partial charge in [0.05, 0.1) is 12.6 Å². The molecular weight excluding hydrogens is 330 g/mol. The first-order valence-corrected chi connectivity index (χ1v) is 9.10. The Hall–Kier alpha value is -2.25. The van der Waals surface area contributed by atoms with Crippen molar-refractivity contribution in [2.24, 2.45) is 11.7 Å². The fraction of sp³-hybridized carbons (Fsp3) is 0.526. The second-order valence-corrected chi connectivity index (χ2v) is 7.25. The van der Waals surface area contributed by atoms with Crippen molar-refractivity contribution in [1.82, 2.24) is 19.9 Å². The van der Waals surface area contributed by atoms with Crippen molar-refractivity contribution in [1.29, 1.82) is 0 Å². The lowest BCUT2D eigenvalue weighted by Crippen LogP contribution is -2.54. The predicted molar refractivity (Wildman–Crippen MR) is 99.1 cm³/mol. The number of carbonyl (C=O) groups is 1. The highest BCUT2D eigenvalue weighted by molar-refractivity contribution is 5.82. The first kappa shape index (κ1) is 18.5.